The van der Waals surface area contributed by atoms with Crippen LogP contribution in [-0.4, -0.2) is 36.1 Å². The van der Waals surface area contributed by atoms with E-state index in [4.69, 9.17) is 4.74 Å². The number of nitrogens with one attached hydrogen (secondary N) is 2. The molecule has 136 valence electrons. The molecule has 0 saturated heterocycles. The van der Waals surface area contributed by atoms with Crippen LogP contribution in [0.5, 0.6) is 0 Å². The third-order valence-electron chi connectivity index (χ3n) is 4.30. The molecule has 0 aliphatic rings. The first-order valence-corrected chi connectivity index (χ1v) is 8.46. The Labute approximate surface area is 149 Å². The summed E-state index contributed by atoms with van der Waals surface area (Å²) in [5, 5.41) is 10.2. The number of carbonyl (C=O) groups excluding carboxylic acids is 1. The van der Waals surface area contributed by atoms with Crippen LogP contribution in [0.15, 0.2) is 30.3 Å². The van der Waals surface area contributed by atoms with Crippen molar-refractivity contribution in [1.29, 1.82) is 0 Å². The molecule has 2 amide bonds. The van der Waals surface area contributed by atoms with Crippen molar-refractivity contribution in [2.75, 3.05) is 25.6 Å². The first-order chi connectivity index (χ1) is 11.8. The molecule has 1 heterocycles. The van der Waals surface area contributed by atoms with Crippen LogP contribution in [0, 0.1) is 6.92 Å². The number of carbonyl (C=O) groups is 1. The van der Waals surface area contributed by atoms with Gasteiger partial charge in [0.15, 0.2) is 0 Å². The Morgan fingerprint density at radius 1 is 1.32 bits per heavy atom. The molecule has 2 rings (SSSR count). The zero-order valence-electron chi connectivity index (χ0n) is 15.7. The lowest BCUT2D eigenvalue weighted by Gasteiger charge is -2.27. The molecule has 0 atom stereocenters. The number of ether oxygens (including phenoxy) is 1. The highest BCUT2D eigenvalue weighted by molar-refractivity contribution is 5.88. The first-order valence-electron chi connectivity index (χ1n) is 8.46. The highest BCUT2D eigenvalue weighted by Crippen LogP contribution is 2.25. The Morgan fingerprint density at radius 2 is 2.04 bits per heavy atom. The van der Waals surface area contributed by atoms with E-state index in [2.05, 4.69) is 48.6 Å². The van der Waals surface area contributed by atoms with E-state index in [0.29, 0.717) is 25.4 Å². The molecule has 0 spiro atoms. The van der Waals surface area contributed by atoms with Gasteiger partial charge in [-0.3, -0.25) is 10.00 Å². The van der Waals surface area contributed by atoms with Crippen molar-refractivity contribution < 1.29 is 9.53 Å². The summed E-state index contributed by atoms with van der Waals surface area (Å²) < 4.78 is 6.72. The average Bonchev–Trinajstić information content (AvgIpc) is 2.91. The number of rotatable bonds is 7. The standard InChI is InChI=1S/C19H28N4O2/c1-14-8-6-7-9-16(14)19(2,3)13-20-18(24)21-17-12-15(10-11-25-5)22-23(17)4/h6-9,12H,10-11,13H2,1-5H3,(H2,20,21,24). The summed E-state index contributed by atoms with van der Waals surface area (Å²) in [6, 6.07) is 9.89. The van der Waals surface area contributed by atoms with E-state index in [1.165, 1.54) is 11.1 Å². The smallest absolute Gasteiger partial charge is 0.320 e. The van der Waals surface area contributed by atoms with E-state index >= 15 is 0 Å². The second-order valence-corrected chi connectivity index (χ2v) is 6.89. The van der Waals surface area contributed by atoms with Gasteiger partial charge in [0.2, 0.25) is 0 Å². The SMILES string of the molecule is COCCc1cc(NC(=O)NCC(C)(C)c2ccccc2C)n(C)n1. The van der Waals surface area contributed by atoms with Gasteiger partial charge in [-0.2, -0.15) is 5.10 Å². The quantitative estimate of drug-likeness (QED) is 0.811. The molecule has 0 unspecified atom stereocenters. The average molecular weight is 344 g/mol. The Kier molecular flexibility index (Phi) is 6.20. The fourth-order valence-corrected chi connectivity index (χ4v) is 2.86. The molecule has 0 fully saturated rings. The Morgan fingerprint density at radius 3 is 2.72 bits per heavy atom. The highest BCUT2D eigenvalue weighted by atomic mass is 16.5. The van der Waals surface area contributed by atoms with Crippen molar-refractivity contribution in [3.63, 3.8) is 0 Å². The van der Waals surface area contributed by atoms with Gasteiger partial charge in [-0.15, -0.1) is 0 Å². The van der Waals surface area contributed by atoms with Gasteiger partial charge in [0.05, 0.1) is 12.3 Å². The summed E-state index contributed by atoms with van der Waals surface area (Å²) in [6.07, 6.45) is 0.716. The van der Waals surface area contributed by atoms with Crippen molar-refractivity contribution >= 4 is 11.8 Å². The van der Waals surface area contributed by atoms with Crippen molar-refractivity contribution in [1.82, 2.24) is 15.1 Å². The van der Waals surface area contributed by atoms with Gasteiger partial charge in [0.25, 0.3) is 0 Å². The van der Waals surface area contributed by atoms with E-state index < -0.39 is 0 Å². The lowest BCUT2D eigenvalue weighted by Crippen LogP contribution is -2.39. The number of aryl methyl sites for hydroxylation is 2. The van der Waals surface area contributed by atoms with Crippen LogP contribution in [0.4, 0.5) is 10.6 Å². The first kappa shape index (κ1) is 19.0. The molecule has 0 aliphatic heterocycles. The number of anilines is 1. The third-order valence-corrected chi connectivity index (χ3v) is 4.30. The summed E-state index contributed by atoms with van der Waals surface area (Å²) in [5.74, 6) is 0.664. The Hall–Kier alpha value is -2.34. The van der Waals surface area contributed by atoms with Crippen LogP contribution >= 0.6 is 0 Å². The minimum atomic E-state index is -0.233. The number of amides is 2. The fourth-order valence-electron chi connectivity index (χ4n) is 2.86. The zero-order chi connectivity index (χ0) is 18.4. The van der Waals surface area contributed by atoms with Crippen molar-refractivity contribution in [2.45, 2.75) is 32.6 Å². The Balaban J connectivity index is 1.94. The summed E-state index contributed by atoms with van der Waals surface area (Å²) in [7, 11) is 3.47. The van der Waals surface area contributed by atoms with Crippen LogP contribution in [0.25, 0.3) is 0 Å². The summed E-state index contributed by atoms with van der Waals surface area (Å²) >= 11 is 0. The lowest BCUT2D eigenvalue weighted by molar-refractivity contribution is 0.201. The second kappa shape index (κ2) is 8.16. The fraction of sp³-hybridized carbons (Fsp3) is 0.474. The number of nitrogens with zero attached hydrogens (tertiary/aromatic N) is 2. The summed E-state index contributed by atoms with van der Waals surface area (Å²) in [5.41, 5.74) is 3.19. The molecule has 25 heavy (non-hydrogen) atoms. The molecular formula is C19H28N4O2. The van der Waals surface area contributed by atoms with Crippen molar-refractivity contribution in [2.24, 2.45) is 7.05 Å². The van der Waals surface area contributed by atoms with Gasteiger partial charge < -0.3 is 10.1 Å². The Bertz CT molecular complexity index is 722. The number of methoxy groups -OCH3 is 1. The molecule has 2 N–H and O–H groups in total. The van der Waals surface area contributed by atoms with E-state index in [1.54, 1.807) is 11.8 Å². The van der Waals surface area contributed by atoms with Gasteiger partial charge in [0, 0.05) is 38.6 Å². The van der Waals surface area contributed by atoms with Crippen LogP contribution < -0.4 is 10.6 Å². The largest absolute Gasteiger partial charge is 0.384 e. The maximum Gasteiger partial charge on any atom is 0.320 e. The molecule has 0 radical (unpaired) electrons. The van der Waals surface area contributed by atoms with Gasteiger partial charge in [-0.1, -0.05) is 38.1 Å². The van der Waals surface area contributed by atoms with Crippen molar-refractivity contribution in [3.8, 4) is 0 Å². The van der Waals surface area contributed by atoms with E-state index in [1.807, 2.05) is 25.2 Å². The summed E-state index contributed by atoms with van der Waals surface area (Å²) in [4.78, 5) is 12.3. The third kappa shape index (κ3) is 5.06. The second-order valence-electron chi connectivity index (χ2n) is 6.89. The molecule has 0 aliphatic carbocycles. The zero-order valence-corrected chi connectivity index (χ0v) is 15.7. The van der Waals surface area contributed by atoms with E-state index in [0.717, 1.165) is 5.69 Å². The highest BCUT2D eigenvalue weighted by Gasteiger charge is 2.23. The molecule has 1 aromatic heterocycles. The maximum atomic E-state index is 12.3. The molecule has 6 heteroatoms. The van der Waals surface area contributed by atoms with Gasteiger partial charge in [-0.25, -0.2) is 4.79 Å². The van der Waals surface area contributed by atoms with Crippen LogP contribution in [0.2, 0.25) is 0 Å². The number of aromatic nitrogens is 2. The molecule has 0 saturated carbocycles. The van der Waals surface area contributed by atoms with Gasteiger partial charge in [-0.05, 0) is 18.1 Å². The molecule has 6 nitrogen and oxygen atoms in total. The molecular weight excluding hydrogens is 316 g/mol. The minimum absolute atomic E-state index is 0.154. The van der Waals surface area contributed by atoms with E-state index in [-0.39, 0.29) is 11.4 Å². The monoisotopic (exact) mass is 344 g/mol. The summed E-state index contributed by atoms with van der Waals surface area (Å²) in [6.45, 7) is 7.49. The number of hydrogen-bond donors (Lipinski definition) is 2. The lowest BCUT2D eigenvalue weighted by atomic mass is 9.82. The molecule has 2 aromatic rings. The molecule has 1 aromatic carbocycles. The predicted octanol–water partition coefficient (Wildman–Crippen LogP) is 3.02. The van der Waals surface area contributed by atoms with Crippen LogP contribution in [0.1, 0.15) is 30.7 Å². The van der Waals surface area contributed by atoms with Crippen molar-refractivity contribution in [3.05, 3.63) is 47.2 Å². The van der Waals surface area contributed by atoms with Crippen LogP contribution in [-0.2, 0) is 23.6 Å². The topological polar surface area (TPSA) is 68.2 Å². The van der Waals surface area contributed by atoms with Gasteiger partial charge >= 0.3 is 6.03 Å². The number of urea groups is 1. The normalized spacial score (nSPS) is 11.4. The number of hydrogen-bond acceptors (Lipinski definition) is 3. The minimum Gasteiger partial charge on any atom is -0.384 e. The maximum absolute atomic E-state index is 12.3. The van der Waals surface area contributed by atoms with Crippen LogP contribution in [0.3, 0.4) is 0 Å². The molecule has 0 bridgehead atoms. The number of benzene rings is 1. The van der Waals surface area contributed by atoms with Gasteiger partial charge in [0.1, 0.15) is 5.82 Å². The predicted molar refractivity (Wildman–Crippen MR) is 100 cm³/mol. The van der Waals surface area contributed by atoms with E-state index in [9.17, 15) is 4.79 Å².